The second kappa shape index (κ2) is 8.32. The molecule has 0 atom stereocenters. The van der Waals surface area contributed by atoms with Gasteiger partial charge >= 0.3 is 0 Å². The quantitative estimate of drug-likeness (QED) is 0.735. The Morgan fingerprint density at radius 3 is 2.34 bits per heavy atom. The third kappa shape index (κ3) is 4.55. The fourth-order valence-electron chi connectivity index (χ4n) is 3.32. The van der Waals surface area contributed by atoms with E-state index in [9.17, 15) is 14.0 Å². The van der Waals surface area contributed by atoms with Gasteiger partial charge in [0.15, 0.2) is 0 Å². The molecule has 3 aromatic rings. The van der Waals surface area contributed by atoms with Crippen LogP contribution in [0.2, 0.25) is 0 Å². The van der Waals surface area contributed by atoms with Crippen LogP contribution in [0.4, 0.5) is 10.1 Å². The van der Waals surface area contributed by atoms with E-state index in [1.165, 1.54) is 24.3 Å². The fraction of sp³-hybridized carbons (Fsp3) is 0.238. The van der Waals surface area contributed by atoms with Gasteiger partial charge in [0.2, 0.25) is 5.91 Å². The zero-order chi connectivity index (χ0) is 20.2. The van der Waals surface area contributed by atoms with Crippen LogP contribution in [0.15, 0.2) is 54.9 Å². The normalized spacial score (nSPS) is 14.7. The summed E-state index contributed by atoms with van der Waals surface area (Å²) in [5.41, 5.74) is 2.58. The first kappa shape index (κ1) is 18.9. The fourth-order valence-corrected chi connectivity index (χ4v) is 3.32. The van der Waals surface area contributed by atoms with Gasteiger partial charge in [0, 0.05) is 49.8 Å². The van der Waals surface area contributed by atoms with E-state index in [1.54, 1.807) is 35.5 Å². The summed E-state index contributed by atoms with van der Waals surface area (Å²) in [7, 11) is 0. The summed E-state index contributed by atoms with van der Waals surface area (Å²) in [5.74, 6) is -0.556. The van der Waals surface area contributed by atoms with E-state index >= 15 is 0 Å². The molecule has 1 aliphatic rings. The molecule has 0 radical (unpaired) electrons. The summed E-state index contributed by atoms with van der Waals surface area (Å²) in [5, 5.41) is 2.75. The van der Waals surface area contributed by atoms with Gasteiger partial charge in [-0.15, -0.1) is 0 Å². The number of benzene rings is 2. The maximum atomic E-state index is 12.9. The van der Waals surface area contributed by atoms with Gasteiger partial charge in [0.1, 0.15) is 5.82 Å². The summed E-state index contributed by atoms with van der Waals surface area (Å²) >= 11 is 0. The van der Waals surface area contributed by atoms with E-state index in [0.29, 0.717) is 42.9 Å². The van der Waals surface area contributed by atoms with Crippen LogP contribution in [0.1, 0.15) is 10.4 Å². The Bertz CT molecular complexity index is 1030. The molecule has 1 fully saturated rings. The smallest absolute Gasteiger partial charge is 0.254 e. The molecule has 148 valence electrons. The molecule has 1 aliphatic heterocycles. The third-order valence-electron chi connectivity index (χ3n) is 4.87. The molecular formula is C21H20FN5O2. The number of rotatable bonds is 4. The number of halogens is 1. The molecule has 1 aromatic heterocycles. The number of nitrogens with zero attached hydrogens (tertiary/aromatic N) is 4. The maximum absolute atomic E-state index is 12.9. The van der Waals surface area contributed by atoms with E-state index in [1.807, 2.05) is 4.90 Å². The second-order valence-electron chi connectivity index (χ2n) is 6.88. The van der Waals surface area contributed by atoms with Crippen molar-refractivity contribution in [3.05, 3.63) is 66.2 Å². The SMILES string of the molecule is O=C(CN1CCN(C(=O)c2ccc3nccnc3c2)CC1)Nc1ccc(F)cc1. The van der Waals surface area contributed by atoms with Crippen LogP contribution in [-0.2, 0) is 4.79 Å². The average Bonchev–Trinajstić information content (AvgIpc) is 2.75. The van der Waals surface area contributed by atoms with Gasteiger partial charge in [-0.05, 0) is 42.5 Å². The highest BCUT2D eigenvalue weighted by Crippen LogP contribution is 2.14. The Labute approximate surface area is 167 Å². The number of carbonyl (C=O) groups excluding carboxylic acids is 2. The van der Waals surface area contributed by atoms with E-state index < -0.39 is 0 Å². The molecule has 4 rings (SSSR count). The first-order valence-corrected chi connectivity index (χ1v) is 9.36. The van der Waals surface area contributed by atoms with Crippen LogP contribution >= 0.6 is 0 Å². The Balaban J connectivity index is 1.30. The van der Waals surface area contributed by atoms with Gasteiger partial charge in [0.25, 0.3) is 5.91 Å². The topological polar surface area (TPSA) is 78.4 Å². The van der Waals surface area contributed by atoms with Crippen molar-refractivity contribution in [1.29, 1.82) is 0 Å². The number of fused-ring (bicyclic) bond motifs is 1. The van der Waals surface area contributed by atoms with Crippen molar-refractivity contribution < 1.29 is 14.0 Å². The van der Waals surface area contributed by atoms with Crippen LogP contribution in [0.3, 0.4) is 0 Å². The zero-order valence-electron chi connectivity index (χ0n) is 15.7. The number of carbonyl (C=O) groups is 2. The molecule has 2 aromatic carbocycles. The van der Waals surface area contributed by atoms with Crippen LogP contribution in [0.25, 0.3) is 11.0 Å². The average molecular weight is 393 g/mol. The molecule has 8 heteroatoms. The standard InChI is InChI=1S/C21H20FN5O2/c22-16-2-4-17(5-3-16)25-20(28)14-26-9-11-27(12-10-26)21(29)15-1-6-18-19(13-15)24-8-7-23-18/h1-8,13H,9-12,14H2,(H,25,28). The monoisotopic (exact) mass is 393 g/mol. The summed E-state index contributed by atoms with van der Waals surface area (Å²) in [6, 6.07) is 11.0. The lowest BCUT2D eigenvalue weighted by Gasteiger charge is -2.34. The first-order valence-electron chi connectivity index (χ1n) is 9.36. The highest BCUT2D eigenvalue weighted by atomic mass is 19.1. The summed E-state index contributed by atoms with van der Waals surface area (Å²) in [6.45, 7) is 2.53. The van der Waals surface area contributed by atoms with Gasteiger partial charge in [-0.1, -0.05) is 0 Å². The summed E-state index contributed by atoms with van der Waals surface area (Å²) < 4.78 is 12.9. The van der Waals surface area contributed by atoms with Crippen molar-refractivity contribution in [2.24, 2.45) is 0 Å². The summed E-state index contributed by atoms with van der Waals surface area (Å²) in [6.07, 6.45) is 3.22. The second-order valence-corrected chi connectivity index (χ2v) is 6.88. The van der Waals surface area contributed by atoms with Crippen LogP contribution in [0, 0.1) is 5.82 Å². The lowest BCUT2D eigenvalue weighted by molar-refractivity contribution is -0.117. The van der Waals surface area contributed by atoms with Crippen molar-refractivity contribution in [2.45, 2.75) is 0 Å². The molecule has 0 aliphatic carbocycles. The molecular weight excluding hydrogens is 373 g/mol. The number of nitrogens with one attached hydrogen (secondary N) is 1. The number of piperazine rings is 1. The minimum atomic E-state index is -0.345. The highest BCUT2D eigenvalue weighted by molar-refractivity contribution is 5.97. The molecule has 0 spiro atoms. The minimum absolute atomic E-state index is 0.0482. The largest absolute Gasteiger partial charge is 0.336 e. The number of hydrogen-bond donors (Lipinski definition) is 1. The van der Waals surface area contributed by atoms with Crippen molar-refractivity contribution in [1.82, 2.24) is 19.8 Å². The number of hydrogen-bond acceptors (Lipinski definition) is 5. The molecule has 0 bridgehead atoms. The molecule has 0 saturated carbocycles. The molecule has 1 saturated heterocycles. The van der Waals surface area contributed by atoms with Crippen LogP contribution in [-0.4, -0.2) is 64.3 Å². The Hall–Kier alpha value is -3.39. The third-order valence-corrected chi connectivity index (χ3v) is 4.87. The predicted molar refractivity (Wildman–Crippen MR) is 107 cm³/mol. The zero-order valence-corrected chi connectivity index (χ0v) is 15.7. The highest BCUT2D eigenvalue weighted by Gasteiger charge is 2.23. The number of aromatic nitrogens is 2. The van der Waals surface area contributed by atoms with Gasteiger partial charge in [-0.25, -0.2) is 4.39 Å². The van der Waals surface area contributed by atoms with Crippen LogP contribution < -0.4 is 5.32 Å². The number of anilines is 1. The van der Waals surface area contributed by atoms with Gasteiger partial charge in [-0.3, -0.25) is 24.5 Å². The maximum Gasteiger partial charge on any atom is 0.254 e. The van der Waals surface area contributed by atoms with Crippen molar-refractivity contribution in [2.75, 3.05) is 38.0 Å². The van der Waals surface area contributed by atoms with E-state index in [0.717, 1.165) is 5.52 Å². The van der Waals surface area contributed by atoms with Crippen molar-refractivity contribution in [3.8, 4) is 0 Å². The van der Waals surface area contributed by atoms with Crippen molar-refractivity contribution >= 4 is 28.5 Å². The minimum Gasteiger partial charge on any atom is -0.336 e. The molecule has 29 heavy (non-hydrogen) atoms. The van der Waals surface area contributed by atoms with E-state index in [4.69, 9.17) is 0 Å². The number of amides is 2. The van der Waals surface area contributed by atoms with E-state index in [-0.39, 0.29) is 24.2 Å². The molecule has 0 unspecified atom stereocenters. The van der Waals surface area contributed by atoms with Gasteiger partial charge < -0.3 is 10.2 Å². The predicted octanol–water partition coefficient (Wildman–Crippen LogP) is 2.17. The van der Waals surface area contributed by atoms with Crippen molar-refractivity contribution in [3.63, 3.8) is 0 Å². The van der Waals surface area contributed by atoms with Gasteiger partial charge in [0.05, 0.1) is 17.6 Å². The molecule has 1 N–H and O–H groups in total. The lowest BCUT2D eigenvalue weighted by atomic mass is 10.1. The van der Waals surface area contributed by atoms with Crippen LogP contribution in [0.5, 0.6) is 0 Å². The Morgan fingerprint density at radius 2 is 1.62 bits per heavy atom. The summed E-state index contributed by atoms with van der Waals surface area (Å²) in [4.78, 5) is 37.2. The first-order chi connectivity index (χ1) is 14.1. The Morgan fingerprint density at radius 1 is 0.931 bits per heavy atom. The molecule has 7 nitrogen and oxygen atoms in total. The Kier molecular flexibility index (Phi) is 5.44. The van der Waals surface area contributed by atoms with E-state index in [2.05, 4.69) is 15.3 Å². The molecule has 2 heterocycles. The molecule has 2 amide bonds. The lowest BCUT2D eigenvalue weighted by Crippen LogP contribution is -2.50. The van der Waals surface area contributed by atoms with Gasteiger partial charge in [-0.2, -0.15) is 0 Å².